The Hall–Kier alpha value is -2.08. The molecule has 108 valence electrons. The van der Waals surface area contributed by atoms with Crippen molar-refractivity contribution in [2.45, 2.75) is 33.1 Å². The van der Waals surface area contributed by atoms with E-state index in [0.717, 1.165) is 6.42 Å². The quantitative estimate of drug-likeness (QED) is 0.575. The molecule has 0 fully saturated rings. The van der Waals surface area contributed by atoms with Crippen molar-refractivity contribution in [2.24, 2.45) is 0 Å². The van der Waals surface area contributed by atoms with Gasteiger partial charge < -0.3 is 0 Å². The first-order chi connectivity index (χ1) is 10.1. The van der Waals surface area contributed by atoms with Crippen molar-refractivity contribution >= 4 is 0 Å². The minimum absolute atomic E-state index is 0.437. The minimum atomic E-state index is 0.437. The van der Waals surface area contributed by atoms with Crippen LogP contribution in [0.1, 0.15) is 37.3 Å². The molecule has 0 aromatic heterocycles. The van der Waals surface area contributed by atoms with E-state index in [1.807, 2.05) is 12.2 Å². The third-order valence-electron chi connectivity index (χ3n) is 3.94. The summed E-state index contributed by atoms with van der Waals surface area (Å²) in [7, 11) is 0. The third-order valence-corrected chi connectivity index (χ3v) is 3.94. The van der Waals surface area contributed by atoms with Crippen molar-refractivity contribution in [2.75, 3.05) is 0 Å². The van der Waals surface area contributed by atoms with Crippen LogP contribution in [-0.2, 0) is 0 Å². The Morgan fingerprint density at radius 3 is 2.86 bits per heavy atom. The molecular weight excluding hydrogens is 252 g/mol. The molecule has 0 saturated heterocycles. The second kappa shape index (κ2) is 7.08. The first kappa shape index (κ1) is 15.3. The highest BCUT2D eigenvalue weighted by Crippen LogP contribution is 2.33. The standard InChI is InChI=1S/C21H24/c1-5-8-16(2)13-14-19-10-7-12-21(19)18(4)20-11-6-9-17(3)15-20/h5-9,11-15,18H,1,10H2,2-4H3/b14-13-,16-8+. The van der Waals surface area contributed by atoms with Crippen molar-refractivity contribution in [1.29, 1.82) is 0 Å². The van der Waals surface area contributed by atoms with Crippen molar-refractivity contribution in [3.63, 3.8) is 0 Å². The zero-order valence-electron chi connectivity index (χ0n) is 13.3. The van der Waals surface area contributed by atoms with E-state index in [1.165, 1.54) is 27.8 Å². The van der Waals surface area contributed by atoms with Gasteiger partial charge in [0.15, 0.2) is 0 Å². The van der Waals surface area contributed by atoms with E-state index in [4.69, 9.17) is 0 Å². The zero-order chi connectivity index (χ0) is 15.2. The van der Waals surface area contributed by atoms with E-state index in [1.54, 1.807) is 0 Å². The van der Waals surface area contributed by atoms with Gasteiger partial charge in [0.05, 0.1) is 0 Å². The molecule has 1 aromatic carbocycles. The Morgan fingerprint density at radius 2 is 2.14 bits per heavy atom. The average molecular weight is 276 g/mol. The molecule has 1 aliphatic carbocycles. The summed E-state index contributed by atoms with van der Waals surface area (Å²) < 4.78 is 0. The van der Waals surface area contributed by atoms with Crippen LogP contribution in [0, 0.1) is 6.92 Å². The molecule has 1 aliphatic rings. The fraction of sp³-hybridized carbons (Fsp3) is 0.238. The molecule has 0 heteroatoms. The lowest BCUT2D eigenvalue weighted by Gasteiger charge is -2.15. The molecule has 1 unspecified atom stereocenters. The number of benzene rings is 1. The van der Waals surface area contributed by atoms with Gasteiger partial charge in [-0.1, -0.05) is 85.4 Å². The Morgan fingerprint density at radius 1 is 1.33 bits per heavy atom. The van der Waals surface area contributed by atoms with Crippen LogP contribution in [0.25, 0.3) is 0 Å². The molecule has 0 radical (unpaired) electrons. The SMILES string of the molecule is C=C/C=C(C)/C=C\C1=C(C(C)c2cccc(C)c2)C=CC1. The van der Waals surface area contributed by atoms with Gasteiger partial charge in [0.25, 0.3) is 0 Å². The second-order valence-corrected chi connectivity index (χ2v) is 5.70. The summed E-state index contributed by atoms with van der Waals surface area (Å²) in [6.45, 7) is 10.3. The summed E-state index contributed by atoms with van der Waals surface area (Å²) in [4.78, 5) is 0. The highest BCUT2D eigenvalue weighted by atomic mass is 14.2. The molecule has 0 spiro atoms. The Bertz CT molecular complexity index is 636. The summed E-state index contributed by atoms with van der Waals surface area (Å²) in [5.74, 6) is 0.437. The first-order valence-corrected chi connectivity index (χ1v) is 7.55. The van der Waals surface area contributed by atoms with Gasteiger partial charge in [-0.25, -0.2) is 0 Å². The highest BCUT2D eigenvalue weighted by Gasteiger charge is 2.15. The molecule has 0 N–H and O–H groups in total. The van der Waals surface area contributed by atoms with Crippen LogP contribution in [0.2, 0.25) is 0 Å². The Kier molecular flexibility index (Phi) is 5.16. The van der Waals surface area contributed by atoms with E-state index in [-0.39, 0.29) is 0 Å². The fourth-order valence-electron chi connectivity index (χ4n) is 2.72. The number of aryl methyl sites for hydroxylation is 1. The first-order valence-electron chi connectivity index (χ1n) is 7.55. The van der Waals surface area contributed by atoms with Crippen LogP contribution in [0.4, 0.5) is 0 Å². The summed E-state index contributed by atoms with van der Waals surface area (Å²) in [6, 6.07) is 8.81. The van der Waals surface area contributed by atoms with Crippen LogP contribution < -0.4 is 0 Å². The van der Waals surface area contributed by atoms with Gasteiger partial charge in [-0.2, -0.15) is 0 Å². The van der Waals surface area contributed by atoms with Gasteiger partial charge in [0.1, 0.15) is 0 Å². The van der Waals surface area contributed by atoms with Gasteiger partial charge in [-0.05, 0) is 37.0 Å². The predicted molar refractivity (Wildman–Crippen MR) is 93.5 cm³/mol. The van der Waals surface area contributed by atoms with Crippen molar-refractivity contribution in [1.82, 2.24) is 0 Å². The maximum Gasteiger partial charge on any atom is 0.00638 e. The van der Waals surface area contributed by atoms with Crippen LogP contribution >= 0.6 is 0 Å². The average Bonchev–Trinajstić information content (AvgIpc) is 2.93. The Labute approximate surface area is 128 Å². The monoisotopic (exact) mass is 276 g/mol. The molecule has 1 atom stereocenters. The molecule has 1 aromatic rings. The number of hydrogen-bond donors (Lipinski definition) is 0. The molecule has 0 saturated carbocycles. The maximum absolute atomic E-state index is 3.74. The molecule has 0 bridgehead atoms. The topological polar surface area (TPSA) is 0 Å². The minimum Gasteiger partial charge on any atom is -0.0991 e. The normalized spacial score (nSPS) is 16.8. The van der Waals surface area contributed by atoms with Gasteiger partial charge in [0.2, 0.25) is 0 Å². The lowest BCUT2D eigenvalue weighted by molar-refractivity contribution is 0.912. The number of allylic oxidation sites excluding steroid dienone is 9. The fourth-order valence-corrected chi connectivity index (χ4v) is 2.72. The van der Waals surface area contributed by atoms with Gasteiger partial charge >= 0.3 is 0 Å². The van der Waals surface area contributed by atoms with E-state index < -0.39 is 0 Å². The lowest BCUT2D eigenvalue weighted by Crippen LogP contribution is -1.97. The summed E-state index contributed by atoms with van der Waals surface area (Å²) in [6.07, 6.45) is 13.8. The molecular formula is C21H24. The van der Waals surface area contributed by atoms with Crippen molar-refractivity contribution < 1.29 is 0 Å². The van der Waals surface area contributed by atoms with Crippen molar-refractivity contribution in [3.8, 4) is 0 Å². The van der Waals surface area contributed by atoms with E-state index >= 15 is 0 Å². The molecule has 21 heavy (non-hydrogen) atoms. The maximum atomic E-state index is 3.74. The molecule has 0 amide bonds. The van der Waals surface area contributed by atoms with Gasteiger partial charge in [0, 0.05) is 5.92 Å². The smallest absolute Gasteiger partial charge is 0.00638 e. The van der Waals surface area contributed by atoms with E-state index in [0.29, 0.717) is 5.92 Å². The summed E-state index contributed by atoms with van der Waals surface area (Å²) in [5, 5.41) is 0. The lowest BCUT2D eigenvalue weighted by atomic mass is 9.90. The number of hydrogen-bond acceptors (Lipinski definition) is 0. The second-order valence-electron chi connectivity index (χ2n) is 5.70. The molecule has 2 rings (SSSR count). The Balaban J connectivity index is 2.27. The molecule has 0 nitrogen and oxygen atoms in total. The third kappa shape index (κ3) is 3.95. The zero-order valence-corrected chi connectivity index (χ0v) is 13.3. The van der Waals surface area contributed by atoms with Gasteiger partial charge in [-0.3, -0.25) is 0 Å². The van der Waals surface area contributed by atoms with E-state index in [9.17, 15) is 0 Å². The van der Waals surface area contributed by atoms with Crippen molar-refractivity contribution in [3.05, 3.63) is 95.1 Å². The van der Waals surface area contributed by atoms with Crippen LogP contribution in [0.5, 0.6) is 0 Å². The van der Waals surface area contributed by atoms with Crippen LogP contribution in [0.3, 0.4) is 0 Å². The predicted octanol–water partition coefficient (Wildman–Crippen LogP) is 6.04. The molecule has 0 aliphatic heterocycles. The van der Waals surface area contributed by atoms with Crippen LogP contribution in [0.15, 0.2) is 84.0 Å². The molecule has 0 heterocycles. The summed E-state index contributed by atoms with van der Waals surface area (Å²) in [5.41, 5.74) is 6.79. The summed E-state index contributed by atoms with van der Waals surface area (Å²) >= 11 is 0. The van der Waals surface area contributed by atoms with Crippen LogP contribution in [-0.4, -0.2) is 0 Å². The van der Waals surface area contributed by atoms with E-state index in [2.05, 4.69) is 75.9 Å². The highest BCUT2D eigenvalue weighted by molar-refractivity contribution is 5.47. The van der Waals surface area contributed by atoms with Gasteiger partial charge in [-0.15, -0.1) is 0 Å². The largest absolute Gasteiger partial charge is 0.0991 e. The number of rotatable bonds is 5.